The Morgan fingerprint density at radius 1 is 1.26 bits per heavy atom. The summed E-state index contributed by atoms with van der Waals surface area (Å²) in [7, 11) is 3.24. The van der Waals surface area contributed by atoms with Gasteiger partial charge in [-0.05, 0) is 43.9 Å². The molecule has 1 amide bonds. The molecule has 1 aliphatic rings. The number of rotatable bonds is 7. The van der Waals surface area contributed by atoms with Crippen LogP contribution >= 0.6 is 0 Å². The first kappa shape index (κ1) is 20.7. The second-order valence-electron chi connectivity index (χ2n) is 6.31. The lowest BCUT2D eigenvalue weighted by Gasteiger charge is -2.31. The molecule has 0 atom stereocenters. The van der Waals surface area contributed by atoms with Gasteiger partial charge in [-0.3, -0.25) is 4.99 Å². The van der Waals surface area contributed by atoms with E-state index in [1.807, 2.05) is 25.1 Å². The minimum Gasteiger partial charge on any atom is -0.493 e. The van der Waals surface area contributed by atoms with Crippen LogP contribution in [0.2, 0.25) is 0 Å². The molecule has 1 aromatic rings. The van der Waals surface area contributed by atoms with Gasteiger partial charge < -0.3 is 30.2 Å². The summed E-state index contributed by atoms with van der Waals surface area (Å²) in [6, 6.07) is 6.05. The number of amides is 1. The van der Waals surface area contributed by atoms with Crippen molar-refractivity contribution in [2.24, 2.45) is 10.7 Å². The van der Waals surface area contributed by atoms with Crippen LogP contribution in [0.15, 0.2) is 23.2 Å². The van der Waals surface area contributed by atoms with Gasteiger partial charge in [-0.15, -0.1) is 0 Å². The number of carbonyl (C=O) groups excluding carboxylic acids is 1. The van der Waals surface area contributed by atoms with Crippen molar-refractivity contribution < 1.29 is 19.0 Å². The van der Waals surface area contributed by atoms with Crippen LogP contribution in [0.4, 0.5) is 4.79 Å². The molecule has 0 unspecified atom stereocenters. The molecule has 0 spiro atoms. The summed E-state index contributed by atoms with van der Waals surface area (Å²) in [5, 5.41) is 3.24. The number of likely N-dealkylation sites (tertiary alicyclic amines) is 1. The fourth-order valence-corrected chi connectivity index (χ4v) is 3.02. The van der Waals surface area contributed by atoms with Gasteiger partial charge in [0.25, 0.3) is 0 Å². The molecular formula is C19H30N4O4. The highest BCUT2D eigenvalue weighted by atomic mass is 16.6. The fraction of sp³-hybridized carbons (Fsp3) is 0.579. The largest absolute Gasteiger partial charge is 0.493 e. The van der Waals surface area contributed by atoms with E-state index in [1.54, 1.807) is 19.1 Å². The van der Waals surface area contributed by atoms with Gasteiger partial charge >= 0.3 is 6.09 Å². The van der Waals surface area contributed by atoms with Crippen molar-refractivity contribution in [1.82, 2.24) is 10.2 Å². The van der Waals surface area contributed by atoms with Crippen LogP contribution in [0.1, 0.15) is 25.3 Å². The third kappa shape index (κ3) is 6.23. The highest BCUT2D eigenvalue weighted by Gasteiger charge is 2.23. The van der Waals surface area contributed by atoms with Crippen LogP contribution in [0, 0.1) is 0 Å². The molecule has 3 N–H and O–H groups in total. The minimum absolute atomic E-state index is 0.223. The summed E-state index contributed by atoms with van der Waals surface area (Å²) < 4.78 is 15.6. The maximum absolute atomic E-state index is 11.7. The van der Waals surface area contributed by atoms with Gasteiger partial charge in [0.2, 0.25) is 0 Å². The lowest BCUT2D eigenvalue weighted by molar-refractivity contribution is 0.0963. The lowest BCUT2D eigenvalue weighted by Crippen LogP contribution is -2.48. The van der Waals surface area contributed by atoms with E-state index < -0.39 is 0 Å². The van der Waals surface area contributed by atoms with Crippen molar-refractivity contribution in [1.29, 1.82) is 0 Å². The summed E-state index contributed by atoms with van der Waals surface area (Å²) in [6.45, 7) is 4.11. The predicted molar refractivity (Wildman–Crippen MR) is 104 cm³/mol. The van der Waals surface area contributed by atoms with Crippen LogP contribution in [0.25, 0.3) is 0 Å². The van der Waals surface area contributed by atoms with Gasteiger partial charge in [-0.1, -0.05) is 6.07 Å². The van der Waals surface area contributed by atoms with Gasteiger partial charge in [0.1, 0.15) is 0 Å². The monoisotopic (exact) mass is 378 g/mol. The zero-order chi connectivity index (χ0) is 19.6. The fourth-order valence-electron chi connectivity index (χ4n) is 3.02. The second-order valence-corrected chi connectivity index (χ2v) is 6.31. The first-order valence-corrected chi connectivity index (χ1v) is 9.26. The van der Waals surface area contributed by atoms with Crippen LogP contribution in [-0.2, 0) is 11.2 Å². The third-order valence-electron chi connectivity index (χ3n) is 4.50. The predicted octanol–water partition coefficient (Wildman–Crippen LogP) is 1.77. The number of aliphatic imine (C=N–C) groups is 1. The number of nitrogens with two attached hydrogens (primary N) is 1. The number of nitrogens with zero attached hydrogens (tertiary/aromatic N) is 2. The second kappa shape index (κ2) is 10.5. The van der Waals surface area contributed by atoms with Gasteiger partial charge in [-0.2, -0.15) is 0 Å². The number of carbonyl (C=O) groups is 1. The maximum atomic E-state index is 11.7. The van der Waals surface area contributed by atoms with E-state index in [1.165, 1.54) is 0 Å². The van der Waals surface area contributed by atoms with Crippen molar-refractivity contribution in [2.45, 2.75) is 32.2 Å². The average molecular weight is 378 g/mol. The minimum atomic E-state index is -0.243. The zero-order valence-electron chi connectivity index (χ0n) is 16.4. The molecule has 1 aliphatic heterocycles. The normalized spacial score (nSPS) is 15.4. The molecule has 8 heteroatoms. The molecule has 1 aromatic carbocycles. The van der Waals surface area contributed by atoms with Crippen molar-refractivity contribution in [3.8, 4) is 11.5 Å². The molecule has 150 valence electrons. The Kier molecular flexibility index (Phi) is 8.03. The van der Waals surface area contributed by atoms with E-state index in [0.29, 0.717) is 43.7 Å². The number of methoxy groups -OCH3 is 2. The summed E-state index contributed by atoms with van der Waals surface area (Å²) in [4.78, 5) is 17.8. The first-order valence-electron chi connectivity index (χ1n) is 9.26. The molecule has 27 heavy (non-hydrogen) atoms. The summed E-state index contributed by atoms with van der Waals surface area (Å²) in [5.74, 6) is 1.85. The Bertz CT molecular complexity index is 643. The highest BCUT2D eigenvalue weighted by Crippen LogP contribution is 2.27. The third-order valence-corrected chi connectivity index (χ3v) is 4.50. The molecule has 0 bridgehead atoms. The average Bonchev–Trinajstić information content (AvgIpc) is 2.68. The number of piperidine rings is 1. The van der Waals surface area contributed by atoms with Crippen molar-refractivity contribution >= 4 is 12.1 Å². The maximum Gasteiger partial charge on any atom is 0.409 e. The van der Waals surface area contributed by atoms with E-state index in [4.69, 9.17) is 19.9 Å². The number of hydrogen-bond acceptors (Lipinski definition) is 5. The summed E-state index contributed by atoms with van der Waals surface area (Å²) in [5.41, 5.74) is 7.11. The molecule has 0 radical (unpaired) electrons. The Morgan fingerprint density at radius 3 is 2.59 bits per heavy atom. The highest BCUT2D eigenvalue weighted by molar-refractivity contribution is 5.78. The molecule has 1 fully saturated rings. The molecule has 0 aliphatic carbocycles. The Hall–Kier alpha value is -2.64. The van der Waals surface area contributed by atoms with E-state index >= 15 is 0 Å². The van der Waals surface area contributed by atoms with Crippen LogP contribution < -0.4 is 20.5 Å². The lowest BCUT2D eigenvalue weighted by atomic mass is 10.1. The Morgan fingerprint density at radius 2 is 1.96 bits per heavy atom. The topological polar surface area (TPSA) is 98.4 Å². The molecule has 0 aromatic heterocycles. The van der Waals surface area contributed by atoms with Gasteiger partial charge in [-0.25, -0.2) is 4.79 Å². The van der Waals surface area contributed by atoms with E-state index in [9.17, 15) is 4.79 Å². The van der Waals surface area contributed by atoms with E-state index in [-0.39, 0.29) is 12.1 Å². The van der Waals surface area contributed by atoms with Crippen LogP contribution in [0.5, 0.6) is 11.5 Å². The van der Waals surface area contributed by atoms with Gasteiger partial charge in [0.05, 0.1) is 20.8 Å². The molecule has 1 saturated heterocycles. The summed E-state index contributed by atoms with van der Waals surface area (Å²) in [6.07, 6.45) is 2.16. The van der Waals surface area contributed by atoms with Crippen LogP contribution in [-0.4, -0.2) is 63.5 Å². The SMILES string of the molecule is CCOC(=O)N1CCC(NC(N)=NCCc2ccc(OC)c(OC)c2)CC1. The Balaban J connectivity index is 1.76. The number of benzene rings is 1. The van der Waals surface area contributed by atoms with Crippen molar-refractivity contribution in [2.75, 3.05) is 40.5 Å². The van der Waals surface area contributed by atoms with Gasteiger partial charge in [0.15, 0.2) is 17.5 Å². The quantitative estimate of drug-likeness (QED) is 0.554. The molecular weight excluding hydrogens is 348 g/mol. The molecule has 0 saturated carbocycles. The zero-order valence-corrected chi connectivity index (χ0v) is 16.4. The molecule has 2 rings (SSSR count). The van der Waals surface area contributed by atoms with Crippen LogP contribution in [0.3, 0.4) is 0 Å². The van der Waals surface area contributed by atoms with Gasteiger partial charge in [0, 0.05) is 25.7 Å². The molecule has 8 nitrogen and oxygen atoms in total. The number of hydrogen-bond donors (Lipinski definition) is 2. The summed E-state index contributed by atoms with van der Waals surface area (Å²) >= 11 is 0. The van der Waals surface area contributed by atoms with Crippen molar-refractivity contribution in [3.63, 3.8) is 0 Å². The first-order chi connectivity index (χ1) is 13.1. The van der Waals surface area contributed by atoms with E-state index in [2.05, 4.69) is 10.3 Å². The number of nitrogens with one attached hydrogen (secondary N) is 1. The standard InChI is InChI=1S/C19H30N4O4/c1-4-27-19(24)23-11-8-15(9-12-23)22-18(20)21-10-7-14-5-6-16(25-2)17(13-14)26-3/h5-6,13,15H,4,7-12H2,1-3H3,(H3,20,21,22). The number of ether oxygens (including phenoxy) is 3. The molecule has 1 heterocycles. The smallest absolute Gasteiger partial charge is 0.409 e. The number of guanidine groups is 1. The van der Waals surface area contributed by atoms with Crippen molar-refractivity contribution in [3.05, 3.63) is 23.8 Å². The Labute approximate surface area is 160 Å². The van der Waals surface area contributed by atoms with E-state index in [0.717, 1.165) is 24.8 Å².